The average molecular weight is 213 g/mol. The summed E-state index contributed by atoms with van der Waals surface area (Å²) in [7, 11) is 0. The number of nitrogens with one attached hydrogen (secondary N) is 1. The van der Waals surface area contributed by atoms with Crippen molar-refractivity contribution in [3.63, 3.8) is 0 Å². The maximum atomic E-state index is 5.92. The quantitative estimate of drug-likeness (QED) is 0.776. The number of rotatable bonds is 4. The SMILES string of the molecule is Cc1cccnc1NC(C)CC(C)Cl. The van der Waals surface area contributed by atoms with Crippen molar-refractivity contribution < 1.29 is 0 Å². The van der Waals surface area contributed by atoms with Gasteiger partial charge < -0.3 is 5.32 Å². The molecule has 78 valence electrons. The molecule has 2 unspecified atom stereocenters. The second kappa shape index (κ2) is 5.20. The first-order chi connectivity index (χ1) is 6.59. The van der Waals surface area contributed by atoms with Crippen molar-refractivity contribution >= 4 is 17.4 Å². The Bertz CT molecular complexity index is 286. The van der Waals surface area contributed by atoms with E-state index in [1.54, 1.807) is 6.20 Å². The van der Waals surface area contributed by atoms with Crippen LogP contribution < -0.4 is 5.32 Å². The third-order valence-electron chi connectivity index (χ3n) is 2.07. The molecular formula is C11H17ClN2. The summed E-state index contributed by atoms with van der Waals surface area (Å²) in [5.74, 6) is 0.956. The first-order valence-electron chi connectivity index (χ1n) is 4.92. The van der Waals surface area contributed by atoms with E-state index in [9.17, 15) is 0 Å². The Hall–Kier alpha value is -0.760. The molecule has 0 aliphatic rings. The summed E-state index contributed by atoms with van der Waals surface area (Å²) in [6, 6.07) is 4.35. The smallest absolute Gasteiger partial charge is 0.129 e. The van der Waals surface area contributed by atoms with E-state index in [1.807, 2.05) is 26.0 Å². The van der Waals surface area contributed by atoms with Crippen LogP contribution in [0.15, 0.2) is 18.3 Å². The first-order valence-corrected chi connectivity index (χ1v) is 5.35. The largest absolute Gasteiger partial charge is 0.367 e. The summed E-state index contributed by atoms with van der Waals surface area (Å²) in [5.41, 5.74) is 1.17. The lowest BCUT2D eigenvalue weighted by Gasteiger charge is -2.16. The Balaban J connectivity index is 2.56. The molecule has 0 aliphatic carbocycles. The van der Waals surface area contributed by atoms with E-state index in [-0.39, 0.29) is 5.38 Å². The minimum Gasteiger partial charge on any atom is -0.367 e. The van der Waals surface area contributed by atoms with Gasteiger partial charge in [0.25, 0.3) is 0 Å². The molecule has 0 spiro atoms. The molecule has 2 nitrogen and oxygen atoms in total. The zero-order valence-electron chi connectivity index (χ0n) is 8.92. The van der Waals surface area contributed by atoms with Crippen molar-refractivity contribution in [3.05, 3.63) is 23.9 Å². The molecule has 0 fully saturated rings. The fourth-order valence-electron chi connectivity index (χ4n) is 1.42. The fourth-order valence-corrected chi connectivity index (χ4v) is 1.68. The highest BCUT2D eigenvalue weighted by molar-refractivity contribution is 6.20. The highest BCUT2D eigenvalue weighted by Gasteiger charge is 2.07. The van der Waals surface area contributed by atoms with Gasteiger partial charge in [0, 0.05) is 17.6 Å². The van der Waals surface area contributed by atoms with Gasteiger partial charge in [-0.3, -0.25) is 0 Å². The van der Waals surface area contributed by atoms with E-state index < -0.39 is 0 Å². The summed E-state index contributed by atoms with van der Waals surface area (Å²) in [5, 5.41) is 3.54. The van der Waals surface area contributed by atoms with Crippen molar-refractivity contribution in [2.45, 2.75) is 38.6 Å². The zero-order valence-corrected chi connectivity index (χ0v) is 9.67. The van der Waals surface area contributed by atoms with Crippen LogP contribution in [0.2, 0.25) is 0 Å². The van der Waals surface area contributed by atoms with Crippen LogP contribution in [0.5, 0.6) is 0 Å². The number of aryl methyl sites for hydroxylation is 1. The average Bonchev–Trinajstić information content (AvgIpc) is 2.07. The van der Waals surface area contributed by atoms with E-state index in [0.717, 1.165) is 12.2 Å². The lowest BCUT2D eigenvalue weighted by Crippen LogP contribution is -2.19. The van der Waals surface area contributed by atoms with Crippen LogP contribution in [0.4, 0.5) is 5.82 Å². The summed E-state index contributed by atoms with van der Waals surface area (Å²) in [4.78, 5) is 4.27. The molecule has 1 heterocycles. The molecule has 1 aromatic heterocycles. The van der Waals surface area contributed by atoms with Gasteiger partial charge in [-0.05, 0) is 38.8 Å². The van der Waals surface area contributed by atoms with Gasteiger partial charge >= 0.3 is 0 Å². The molecule has 0 saturated heterocycles. The van der Waals surface area contributed by atoms with Crippen molar-refractivity contribution in [2.75, 3.05) is 5.32 Å². The third-order valence-corrected chi connectivity index (χ3v) is 2.25. The number of alkyl halides is 1. The number of hydrogen-bond acceptors (Lipinski definition) is 2. The number of halogens is 1. The number of pyridine rings is 1. The molecule has 14 heavy (non-hydrogen) atoms. The Morgan fingerprint density at radius 1 is 1.50 bits per heavy atom. The highest BCUT2D eigenvalue weighted by atomic mass is 35.5. The van der Waals surface area contributed by atoms with Gasteiger partial charge in [0.15, 0.2) is 0 Å². The van der Waals surface area contributed by atoms with E-state index in [4.69, 9.17) is 11.6 Å². The fraction of sp³-hybridized carbons (Fsp3) is 0.545. The van der Waals surface area contributed by atoms with Crippen LogP contribution >= 0.6 is 11.6 Å². The second-order valence-corrected chi connectivity index (χ2v) is 4.48. The predicted octanol–water partition coefficient (Wildman–Crippen LogP) is 3.21. The standard InChI is InChI=1S/C11H17ClN2/c1-8-5-4-6-13-11(8)14-10(3)7-9(2)12/h4-6,9-10H,7H2,1-3H3,(H,13,14). The lowest BCUT2D eigenvalue weighted by molar-refractivity contribution is 0.693. The number of nitrogens with zero attached hydrogens (tertiary/aromatic N) is 1. The highest BCUT2D eigenvalue weighted by Crippen LogP contribution is 2.13. The maximum Gasteiger partial charge on any atom is 0.129 e. The topological polar surface area (TPSA) is 24.9 Å². The number of aromatic nitrogens is 1. The van der Waals surface area contributed by atoms with Crippen LogP contribution in [-0.2, 0) is 0 Å². The Labute approximate surface area is 90.7 Å². The minimum absolute atomic E-state index is 0.196. The molecule has 0 aromatic carbocycles. The van der Waals surface area contributed by atoms with E-state index in [1.165, 1.54) is 5.56 Å². The molecule has 3 heteroatoms. The van der Waals surface area contributed by atoms with E-state index >= 15 is 0 Å². The Morgan fingerprint density at radius 2 is 2.21 bits per heavy atom. The van der Waals surface area contributed by atoms with Crippen LogP contribution in [-0.4, -0.2) is 16.4 Å². The molecule has 0 radical (unpaired) electrons. The third kappa shape index (κ3) is 3.54. The molecule has 0 saturated carbocycles. The summed E-state index contributed by atoms with van der Waals surface area (Å²) < 4.78 is 0. The van der Waals surface area contributed by atoms with E-state index in [0.29, 0.717) is 6.04 Å². The van der Waals surface area contributed by atoms with Crippen molar-refractivity contribution in [1.82, 2.24) is 4.98 Å². The van der Waals surface area contributed by atoms with Gasteiger partial charge in [0.05, 0.1) is 0 Å². The molecular weight excluding hydrogens is 196 g/mol. The molecule has 1 aromatic rings. The van der Waals surface area contributed by atoms with Crippen LogP contribution in [0, 0.1) is 6.92 Å². The van der Waals surface area contributed by atoms with Crippen LogP contribution in [0.1, 0.15) is 25.8 Å². The number of hydrogen-bond donors (Lipinski definition) is 1. The molecule has 2 atom stereocenters. The van der Waals surface area contributed by atoms with E-state index in [2.05, 4.69) is 17.2 Å². The maximum absolute atomic E-state index is 5.92. The molecule has 1 N–H and O–H groups in total. The van der Waals surface area contributed by atoms with Gasteiger partial charge in [0.2, 0.25) is 0 Å². The van der Waals surface area contributed by atoms with Gasteiger partial charge in [-0.1, -0.05) is 6.07 Å². The van der Waals surface area contributed by atoms with Gasteiger partial charge in [0.1, 0.15) is 5.82 Å². The molecule has 1 rings (SSSR count). The van der Waals surface area contributed by atoms with Gasteiger partial charge in [-0.25, -0.2) is 4.98 Å². The Morgan fingerprint density at radius 3 is 2.79 bits per heavy atom. The monoisotopic (exact) mass is 212 g/mol. The molecule has 0 bridgehead atoms. The molecule has 0 aliphatic heterocycles. The first kappa shape index (κ1) is 11.3. The predicted molar refractivity (Wildman–Crippen MR) is 62.0 cm³/mol. The summed E-state index contributed by atoms with van der Waals surface area (Å²) in [6.45, 7) is 6.17. The van der Waals surface area contributed by atoms with Crippen LogP contribution in [0.25, 0.3) is 0 Å². The summed E-state index contributed by atoms with van der Waals surface area (Å²) in [6.07, 6.45) is 2.74. The van der Waals surface area contributed by atoms with Crippen molar-refractivity contribution in [1.29, 1.82) is 0 Å². The number of anilines is 1. The second-order valence-electron chi connectivity index (χ2n) is 3.73. The Kier molecular flexibility index (Phi) is 4.21. The van der Waals surface area contributed by atoms with Crippen LogP contribution in [0.3, 0.4) is 0 Å². The molecule has 0 amide bonds. The van der Waals surface area contributed by atoms with Crippen molar-refractivity contribution in [3.8, 4) is 0 Å². The lowest BCUT2D eigenvalue weighted by atomic mass is 10.2. The summed E-state index contributed by atoms with van der Waals surface area (Å²) >= 11 is 5.92. The minimum atomic E-state index is 0.196. The van der Waals surface area contributed by atoms with Gasteiger partial charge in [-0.2, -0.15) is 0 Å². The van der Waals surface area contributed by atoms with Crippen molar-refractivity contribution in [2.24, 2.45) is 0 Å². The normalized spacial score (nSPS) is 14.9. The zero-order chi connectivity index (χ0) is 10.6. The van der Waals surface area contributed by atoms with Gasteiger partial charge in [-0.15, -0.1) is 11.6 Å².